The summed E-state index contributed by atoms with van der Waals surface area (Å²) in [4.78, 5) is 20.1. The molecule has 1 amide bonds. The Bertz CT molecular complexity index is 1390. The van der Waals surface area contributed by atoms with E-state index in [1.807, 2.05) is 36.1 Å². The number of aliphatic hydroxyl groups is 1. The van der Waals surface area contributed by atoms with E-state index in [0.29, 0.717) is 25.2 Å². The number of fused-ring (bicyclic) bond motifs is 1. The number of carbonyl (C=O) groups is 1. The van der Waals surface area contributed by atoms with E-state index in [1.165, 1.54) is 0 Å². The first-order valence-corrected chi connectivity index (χ1v) is 12.7. The van der Waals surface area contributed by atoms with Crippen LogP contribution in [0, 0.1) is 12.3 Å². The lowest BCUT2D eigenvalue weighted by Gasteiger charge is -2.27. The zero-order chi connectivity index (χ0) is 26.6. The number of rotatable bonds is 8. The molecule has 0 unspecified atom stereocenters. The molecule has 0 saturated heterocycles. The van der Waals surface area contributed by atoms with E-state index in [0.717, 1.165) is 44.3 Å². The van der Waals surface area contributed by atoms with Crippen LogP contribution in [0.3, 0.4) is 0 Å². The number of pyridine rings is 1. The molecule has 0 aliphatic carbocycles. The van der Waals surface area contributed by atoms with Gasteiger partial charge in [-0.1, -0.05) is 69.3 Å². The summed E-state index contributed by atoms with van der Waals surface area (Å²) in [5.74, 6) is 1.58. The summed E-state index contributed by atoms with van der Waals surface area (Å²) in [5, 5.41) is 11.3. The minimum Gasteiger partial charge on any atom is -0.496 e. The van der Waals surface area contributed by atoms with Gasteiger partial charge in [0.15, 0.2) is 0 Å². The fraction of sp³-hybridized carbons (Fsp3) is 0.312. The molecule has 5 heteroatoms. The molecule has 0 fully saturated rings. The fourth-order valence-corrected chi connectivity index (χ4v) is 4.58. The van der Waals surface area contributed by atoms with Crippen molar-refractivity contribution in [2.45, 2.75) is 47.1 Å². The summed E-state index contributed by atoms with van der Waals surface area (Å²) in [5.41, 5.74) is 5.27. The van der Waals surface area contributed by atoms with Crippen molar-refractivity contribution in [2.75, 3.05) is 18.6 Å². The molecular formula is C32H36N2O3. The molecular weight excluding hydrogens is 460 g/mol. The van der Waals surface area contributed by atoms with Gasteiger partial charge in [-0.2, -0.15) is 0 Å². The van der Waals surface area contributed by atoms with Gasteiger partial charge in [0.05, 0.1) is 13.7 Å². The Labute approximate surface area is 219 Å². The van der Waals surface area contributed by atoms with E-state index in [1.54, 1.807) is 13.3 Å². The van der Waals surface area contributed by atoms with Gasteiger partial charge in [-0.05, 0) is 70.2 Å². The third-order valence-electron chi connectivity index (χ3n) is 6.47. The topological polar surface area (TPSA) is 62.7 Å². The number of nitrogens with zero attached hydrogens (tertiary/aromatic N) is 2. The molecule has 5 nitrogen and oxygen atoms in total. The Kier molecular flexibility index (Phi) is 7.94. The van der Waals surface area contributed by atoms with Gasteiger partial charge in [0.25, 0.3) is 0 Å². The molecule has 0 radical (unpaired) electrons. The van der Waals surface area contributed by atoms with Crippen LogP contribution in [0.4, 0.5) is 5.82 Å². The second kappa shape index (κ2) is 11.1. The molecule has 0 saturated carbocycles. The predicted octanol–water partition coefficient (Wildman–Crippen LogP) is 6.72. The van der Waals surface area contributed by atoms with Gasteiger partial charge >= 0.3 is 0 Å². The molecule has 4 rings (SSSR count). The molecule has 1 heterocycles. The number of hydrogen-bond acceptors (Lipinski definition) is 4. The lowest BCUT2D eigenvalue weighted by Crippen LogP contribution is -2.34. The molecule has 192 valence electrons. The third-order valence-corrected chi connectivity index (χ3v) is 6.47. The Morgan fingerprint density at radius 1 is 0.946 bits per heavy atom. The SMILES string of the molecule is COc1ccc(-c2ccc(CN(C(=O)CC(C)(C)C)c3nccc4cc(CCO)ccc34)cc2)cc1C. The molecule has 0 aliphatic rings. The van der Waals surface area contributed by atoms with Gasteiger partial charge in [-0.15, -0.1) is 0 Å². The largest absolute Gasteiger partial charge is 0.496 e. The Morgan fingerprint density at radius 3 is 2.30 bits per heavy atom. The van der Waals surface area contributed by atoms with Crippen molar-refractivity contribution in [2.24, 2.45) is 5.41 Å². The fourth-order valence-electron chi connectivity index (χ4n) is 4.58. The van der Waals surface area contributed by atoms with E-state index in [-0.39, 0.29) is 17.9 Å². The average molecular weight is 497 g/mol. The van der Waals surface area contributed by atoms with Crippen LogP contribution in [0.25, 0.3) is 21.9 Å². The molecule has 1 N–H and O–H groups in total. The summed E-state index contributed by atoms with van der Waals surface area (Å²) >= 11 is 0. The van der Waals surface area contributed by atoms with Crippen LogP contribution < -0.4 is 9.64 Å². The van der Waals surface area contributed by atoms with Gasteiger partial charge in [0.1, 0.15) is 11.6 Å². The molecule has 37 heavy (non-hydrogen) atoms. The van der Waals surface area contributed by atoms with E-state index < -0.39 is 0 Å². The summed E-state index contributed by atoms with van der Waals surface area (Å²) in [7, 11) is 1.68. The Balaban J connectivity index is 1.68. The van der Waals surface area contributed by atoms with Crippen LogP contribution in [0.1, 0.15) is 43.9 Å². The van der Waals surface area contributed by atoms with Crippen molar-refractivity contribution in [3.63, 3.8) is 0 Å². The van der Waals surface area contributed by atoms with Crippen LogP contribution >= 0.6 is 0 Å². The highest BCUT2D eigenvalue weighted by molar-refractivity contribution is 6.02. The highest BCUT2D eigenvalue weighted by Crippen LogP contribution is 2.31. The Hall–Kier alpha value is -3.70. The van der Waals surface area contributed by atoms with Gasteiger partial charge in [-0.25, -0.2) is 4.98 Å². The van der Waals surface area contributed by atoms with Crippen molar-refractivity contribution in [3.05, 3.63) is 89.6 Å². The number of anilines is 1. The van der Waals surface area contributed by atoms with E-state index >= 15 is 0 Å². The number of ether oxygens (including phenoxy) is 1. The number of methoxy groups -OCH3 is 1. The lowest BCUT2D eigenvalue weighted by atomic mass is 9.91. The van der Waals surface area contributed by atoms with Crippen molar-refractivity contribution in [1.29, 1.82) is 0 Å². The quantitative estimate of drug-likeness (QED) is 0.294. The molecule has 1 aromatic heterocycles. The molecule has 0 atom stereocenters. The van der Waals surface area contributed by atoms with E-state index in [9.17, 15) is 9.90 Å². The lowest BCUT2D eigenvalue weighted by molar-refractivity contribution is -0.120. The number of carbonyl (C=O) groups excluding carboxylic acids is 1. The Morgan fingerprint density at radius 2 is 1.65 bits per heavy atom. The predicted molar refractivity (Wildman–Crippen MR) is 151 cm³/mol. The third kappa shape index (κ3) is 6.36. The van der Waals surface area contributed by atoms with Gasteiger partial charge in [0, 0.05) is 24.6 Å². The summed E-state index contributed by atoms with van der Waals surface area (Å²) < 4.78 is 5.39. The summed E-state index contributed by atoms with van der Waals surface area (Å²) in [6, 6.07) is 22.6. The summed E-state index contributed by atoms with van der Waals surface area (Å²) in [6.45, 7) is 8.80. The number of aromatic nitrogens is 1. The highest BCUT2D eigenvalue weighted by atomic mass is 16.5. The average Bonchev–Trinajstić information content (AvgIpc) is 2.86. The smallest absolute Gasteiger partial charge is 0.229 e. The van der Waals surface area contributed by atoms with Crippen molar-refractivity contribution < 1.29 is 14.6 Å². The van der Waals surface area contributed by atoms with Crippen LogP contribution in [-0.4, -0.2) is 29.7 Å². The van der Waals surface area contributed by atoms with Crippen LogP contribution in [0.2, 0.25) is 0 Å². The highest BCUT2D eigenvalue weighted by Gasteiger charge is 2.25. The molecule has 3 aromatic carbocycles. The minimum absolute atomic E-state index is 0.0433. The number of amides is 1. The first-order chi connectivity index (χ1) is 17.7. The second-order valence-corrected chi connectivity index (χ2v) is 10.8. The van der Waals surface area contributed by atoms with Crippen molar-refractivity contribution >= 4 is 22.5 Å². The molecule has 0 bridgehead atoms. The first kappa shape index (κ1) is 26.4. The van der Waals surface area contributed by atoms with Gasteiger partial charge in [0.2, 0.25) is 5.91 Å². The number of aliphatic hydroxyl groups excluding tert-OH is 1. The van der Waals surface area contributed by atoms with Gasteiger partial charge < -0.3 is 9.84 Å². The standard InChI is InChI=1S/C32H36N2O3/c1-22-18-26(11-13-29(22)37-5)25-9-6-24(7-10-25)21-34(30(36)20-32(2,3)4)31-28-12-8-23(15-17-35)19-27(28)14-16-33-31/h6-14,16,18-19,35H,15,17,20-21H2,1-5H3. The zero-order valence-corrected chi connectivity index (χ0v) is 22.4. The molecule has 0 spiro atoms. The first-order valence-electron chi connectivity index (χ1n) is 12.7. The second-order valence-electron chi connectivity index (χ2n) is 10.8. The normalized spacial score (nSPS) is 11.5. The van der Waals surface area contributed by atoms with Crippen LogP contribution in [0.5, 0.6) is 5.75 Å². The van der Waals surface area contributed by atoms with Crippen molar-refractivity contribution in [3.8, 4) is 16.9 Å². The van der Waals surface area contributed by atoms with E-state index in [4.69, 9.17) is 4.74 Å². The molecule has 4 aromatic rings. The maximum atomic E-state index is 13.6. The van der Waals surface area contributed by atoms with Crippen molar-refractivity contribution in [1.82, 2.24) is 4.98 Å². The molecule has 0 aliphatic heterocycles. The maximum absolute atomic E-state index is 13.6. The zero-order valence-electron chi connectivity index (χ0n) is 22.4. The van der Waals surface area contributed by atoms with E-state index in [2.05, 4.69) is 68.2 Å². The van der Waals surface area contributed by atoms with Crippen LogP contribution in [0.15, 0.2) is 72.9 Å². The minimum atomic E-state index is -0.149. The monoisotopic (exact) mass is 496 g/mol. The van der Waals surface area contributed by atoms with Gasteiger partial charge in [-0.3, -0.25) is 9.69 Å². The maximum Gasteiger partial charge on any atom is 0.229 e. The number of benzene rings is 3. The summed E-state index contributed by atoms with van der Waals surface area (Å²) in [6.07, 6.45) is 2.77. The van der Waals surface area contributed by atoms with Crippen LogP contribution in [-0.2, 0) is 17.8 Å². The number of aryl methyl sites for hydroxylation is 1. The number of hydrogen-bond donors (Lipinski definition) is 1.